The van der Waals surface area contributed by atoms with Crippen LogP contribution in [0.25, 0.3) is 0 Å². The predicted octanol–water partition coefficient (Wildman–Crippen LogP) is 2.71. The summed E-state index contributed by atoms with van der Waals surface area (Å²) in [6.45, 7) is 5.70. The Balaban J connectivity index is 2.53. The van der Waals surface area contributed by atoms with Gasteiger partial charge in [-0.1, -0.05) is 13.0 Å². The molecule has 0 aliphatic carbocycles. The van der Waals surface area contributed by atoms with Crippen molar-refractivity contribution < 1.29 is 4.39 Å². The first-order chi connectivity index (χ1) is 9.54. The van der Waals surface area contributed by atoms with Gasteiger partial charge in [0.15, 0.2) is 0 Å². The lowest BCUT2D eigenvalue weighted by atomic mass is 10.1. The van der Waals surface area contributed by atoms with Crippen molar-refractivity contribution >= 4 is 5.69 Å². The van der Waals surface area contributed by atoms with Crippen LogP contribution in [0, 0.1) is 5.82 Å². The molecule has 0 fully saturated rings. The molecule has 114 valence electrons. The number of hydrogen-bond acceptors (Lipinski definition) is 3. The summed E-state index contributed by atoms with van der Waals surface area (Å²) in [4.78, 5) is 4.13. The molecule has 3 nitrogen and oxygen atoms in total. The highest BCUT2D eigenvalue weighted by Crippen LogP contribution is 2.19. The zero-order chi connectivity index (χ0) is 15.0. The van der Waals surface area contributed by atoms with Crippen molar-refractivity contribution in [3.05, 3.63) is 29.6 Å². The molecule has 1 aromatic carbocycles. The Morgan fingerprint density at radius 1 is 1.15 bits per heavy atom. The molecule has 0 unspecified atom stereocenters. The van der Waals surface area contributed by atoms with Gasteiger partial charge in [0, 0.05) is 20.1 Å². The van der Waals surface area contributed by atoms with E-state index in [1.807, 2.05) is 24.1 Å². The lowest BCUT2D eigenvalue weighted by molar-refractivity contribution is 0.401. The molecule has 0 radical (unpaired) electrons. The monoisotopic (exact) mass is 281 g/mol. The van der Waals surface area contributed by atoms with Crippen molar-refractivity contribution in [1.29, 1.82) is 0 Å². The van der Waals surface area contributed by atoms with Gasteiger partial charge < -0.3 is 15.1 Å². The van der Waals surface area contributed by atoms with Gasteiger partial charge in [0.05, 0.1) is 5.69 Å². The Bertz CT molecular complexity index is 393. The van der Waals surface area contributed by atoms with Crippen LogP contribution in [0.15, 0.2) is 18.2 Å². The van der Waals surface area contributed by atoms with E-state index >= 15 is 0 Å². The molecule has 1 aromatic rings. The lowest BCUT2D eigenvalue weighted by Gasteiger charge is -2.21. The molecule has 0 heterocycles. The Labute approximate surface area is 122 Å². The van der Waals surface area contributed by atoms with E-state index in [1.54, 1.807) is 6.07 Å². The van der Waals surface area contributed by atoms with E-state index in [0.29, 0.717) is 5.69 Å². The smallest absolute Gasteiger partial charge is 0.146 e. The summed E-state index contributed by atoms with van der Waals surface area (Å²) in [6, 6.07) is 5.53. The number of anilines is 1. The van der Waals surface area contributed by atoms with Crippen LogP contribution in [-0.2, 0) is 6.54 Å². The van der Waals surface area contributed by atoms with E-state index in [0.717, 1.165) is 44.6 Å². The van der Waals surface area contributed by atoms with Gasteiger partial charge in [-0.05, 0) is 57.7 Å². The second kappa shape index (κ2) is 8.93. The molecule has 20 heavy (non-hydrogen) atoms. The summed E-state index contributed by atoms with van der Waals surface area (Å²) in [5.74, 6) is -0.131. The van der Waals surface area contributed by atoms with E-state index in [4.69, 9.17) is 0 Å². The van der Waals surface area contributed by atoms with Gasteiger partial charge in [0.1, 0.15) is 5.82 Å². The number of benzene rings is 1. The summed E-state index contributed by atoms with van der Waals surface area (Å²) < 4.78 is 14.1. The zero-order valence-electron chi connectivity index (χ0n) is 13.2. The van der Waals surface area contributed by atoms with Crippen LogP contribution in [-0.4, -0.2) is 45.7 Å². The summed E-state index contributed by atoms with van der Waals surface area (Å²) in [5, 5.41) is 3.29. The van der Waals surface area contributed by atoms with E-state index in [1.165, 1.54) is 0 Å². The maximum absolute atomic E-state index is 14.1. The van der Waals surface area contributed by atoms with Crippen molar-refractivity contribution in [2.75, 3.05) is 45.7 Å². The third-order valence-corrected chi connectivity index (χ3v) is 3.28. The quantitative estimate of drug-likeness (QED) is 0.702. The number of nitrogens with zero attached hydrogens (tertiary/aromatic N) is 2. The molecule has 1 N–H and O–H groups in total. The molecule has 0 aliphatic heterocycles. The molecular formula is C16H28FN3. The van der Waals surface area contributed by atoms with E-state index in [9.17, 15) is 4.39 Å². The molecule has 0 saturated heterocycles. The normalized spacial score (nSPS) is 11.1. The number of halogens is 1. The molecule has 0 aromatic heterocycles. The molecule has 0 bridgehead atoms. The van der Waals surface area contributed by atoms with Crippen molar-refractivity contribution in [1.82, 2.24) is 10.2 Å². The predicted molar refractivity (Wildman–Crippen MR) is 84.8 cm³/mol. The number of nitrogens with one attached hydrogen (secondary N) is 1. The van der Waals surface area contributed by atoms with Crippen LogP contribution in [0.4, 0.5) is 10.1 Å². The fourth-order valence-corrected chi connectivity index (χ4v) is 2.12. The highest BCUT2D eigenvalue weighted by molar-refractivity contribution is 5.48. The summed E-state index contributed by atoms with van der Waals surface area (Å²) in [5.41, 5.74) is 1.68. The first-order valence-electron chi connectivity index (χ1n) is 7.39. The summed E-state index contributed by atoms with van der Waals surface area (Å²) >= 11 is 0. The number of hydrogen-bond donors (Lipinski definition) is 1. The zero-order valence-corrected chi connectivity index (χ0v) is 13.2. The van der Waals surface area contributed by atoms with Crippen molar-refractivity contribution in [2.24, 2.45) is 0 Å². The van der Waals surface area contributed by atoms with Crippen LogP contribution < -0.4 is 10.2 Å². The largest absolute Gasteiger partial charge is 0.372 e. The summed E-state index contributed by atoms with van der Waals surface area (Å²) in [6.07, 6.45) is 2.12. The van der Waals surface area contributed by atoms with Crippen LogP contribution in [0.3, 0.4) is 0 Å². The molecule has 0 aliphatic rings. The highest BCUT2D eigenvalue weighted by Gasteiger charge is 2.08. The van der Waals surface area contributed by atoms with Crippen molar-refractivity contribution in [3.8, 4) is 0 Å². The molecular weight excluding hydrogens is 253 g/mol. The minimum atomic E-state index is -0.131. The van der Waals surface area contributed by atoms with Crippen LogP contribution >= 0.6 is 0 Å². The average molecular weight is 281 g/mol. The van der Waals surface area contributed by atoms with Crippen molar-refractivity contribution in [3.63, 3.8) is 0 Å². The van der Waals surface area contributed by atoms with Gasteiger partial charge in [-0.3, -0.25) is 0 Å². The van der Waals surface area contributed by atoms with Crippen LogP contribution in [0.2, 0.25) is 0 Å². The van der Waals surface area contributed by atoms with Gasteiger partial charge in [-0.15, -0.1) is 0 Å². The fraction of sp³-hybridized carbons (Fsp3) is 0.625. The standard InChI is InChI=1S/C16H28FN3/c1-5-9-18-13-14-7-8-16(15(17)12-14)20(4)11-6-10-19(2)3/h7-8,12,18H,5-6,9-11,13H2,1-4H3. The first-order valence-corrected chi connectivity index (χ1v) is 7.39. The highest BCUT2D eigenvalue weighted by atomic mass is 19.1. The minimum Gasteiger partial charge on any atom is -0.372 e. The Morgan fingerprint density at radius 2 is 1.90 bits per heavy atom. The van der Waals surface area contributed by atoms with Gasteiger partial charge in [0.25, 0.3) is 0 Å². The first kappa shape index (κ1) is 16.9. The van der Waals surface area contributed by atoms with E-state index in [-0.39, 0.29) is 5.82 Å². The fourth-order valence-electron chi connectivity index (χ4n) is 2.12. The number of rotatable bonds is 9. The molecule has 4 heteroatoms. The van der Waals surface area contributed by atoms with E-state index in [2.05, 4.69) is 31.2 Å². The Kier molecular flexibility index (Phi) is 7.55. The van der Waals surface area contributed by atoms with E-state index < -0.39 is 0 Å². The maximum atomic E-state index is 14.1. The third-order valence-electron chi connectivity index (χ3n) is 3.28. The Morgan fingerprint density at radius 3 is 2.50 bits per heavy atom. The molecule has 0 atom stereocenters. The topological polar surface area (TPSA) is 18.5 Å². The summed E-state index contributed by atoms with van der Waals surface area (Å²) in [7, 11) is 6.06. The molecule has 0 saturated carbocycles. The van der Waals surface area contributed by atoms with Gasteiger partial charge in [-0.25, -0.2) is 4.39 Å². The lowest BCUT2D eigenvalue weighted by Crippen LogP contribution is -2.24. The maximum Gasteiger partial charge on any atom is 0.146 e. The van der Waals surface area contributed by atoms with Crippen LogP contribution in [0.5, 0.6) is 0 Å². The third kappa shape index (κ3) is 5.88. The molecule has 0 spiro atoms. The van der Waals surface area contributed by atoms with Gasteiger partial charge >= 0.3 is 0 Å². The van der Waals surface area contributed by atoms with Gasteiger partial charge in [-0.2, -0.15) is 0 Å². The van der Waals surface area contributed by atoms with Crippen molar-refractivity contribution in [2.45, 2.75) is 26.3 Å². The molecule has 0 amide bonds. The second-order valence-corrected chi connectivity index (χ2v) is 5.54. The second-order valence-electron chi connectivity index (χ2n) is 5.54. The molecule has 1 rings (SSSR count). The van der Waals surface area contributed by atoms with Gasteiger partial charge in [0.2, 0.25) is 0 Å². The SMILES string of the molecule is CCCNCc1ccc(N(C)CCCN(C)C)c(F)c1. The van der Waals surface area contributed by atoms with Crippen LogP contribution in [0.1, 0.15) is 25.3 Å². The Hall–Kier alpha value is -1.13. The minimum absolute atomic E-state index is 0.131. The average Bonchev–Trinajstić information content (AvgIpc) is 2.38.